The van der Waals surface area contributed by atoms with Crippen LogP contribution in [0.4, 0.5) is 11.4 Å². The lowest BCUT2D eigenvalue weighted by atomic mass is 9.86. The van der Waals surface area contributed by atoms with Crippen molar-refractivity contribution >= 4 is 23.3 Å². The van der Waals surface area contributed by atoms with Crippen LogP contribution in [0.1, 0.15) is 43.0 Å². The van der Waals surface area contributed by atoms with E-state index in [9.17, 15) is 19.7 Å². The molecule has 130 valence electrons. The minimum Gasteiger partial charge on any atom is -0.452 e. The molecule has 0 spiro atoms. The van der Waals surface area contributed by atoms with Crippen LogP contribution in [0.15, 0.2) is 18.2 Å². The topological polar surface area (TPSA) is 125 Å². The molecule has 1 aliphatic carbocycles. The summed E-state index contributed by atoms with van der Waals surface area (Å²) in [5.41, 5.74) is 5.35. The van der Waals surface area contributed by atoms with Crippen LogP contribution >= 0.6 is 0 Å². The maximum Gasteiger partial charge on any atom is 0.340 e. The summed E-state index contributed by atoms with van der Waals surface area (Å²) >= 11 is 0. The van der Waals surface area contributed by atoms with E-state index in [0.717, 1.165) is 31.4 Å². The van der Waals surface area contributed by atoms with Crippen molar-refractivity contribution in [2.24, 2.45) is 5.92 Å². The average Bonchev–Trinajstić information content (AvgIpc) is 2.54. The number of nitrogen functional groups attached to an aromatic ring is 1. The number of ether oxygens (including phenoxy) is 1. The molecule has 3 N–H and O–H groups in total. The second-order valence-corrected chi connectivity index (χ2v) is 6.04. The van der Waals surface area contributed by atoms with E-state index in [0.29, 0.717) is 5.92 Å². The molecule has 2 atom stereocenters. The number of esters is 1. The summed E-state index contributed by atoms with van der Waals surface area (Å²) in [6, 6.07) is 3.57. The number of nitro groups is 1. The first-order valence-corrected chi connectivity index (χ1v) is 7.89. The Balaban J connectivity index is 1.88. The van der Waals surface area contributed by atoms with E-state index in [1.54, 1.807) is 0 Å². The van der Waals surface area contributed by atoms with Crippen molar-refractivity contribution in [3.8, 4) is 0 Å². The first-order valence-electron chi connectivity index (χ1n) is 7.89. The number of non-ortho nitro benzene ring substituents is 1. The quantitative estimate of drug-likeness (QED) is 0.367. The van der Waals surface area contributed by atoms with Crippen LogP contribution < -0.4 is 11.1 Å². The first kappa shape index (κ1) is 17.7. The van der Waals surface area contributed by atoms with Crippen LogP contribution in [0.2, 0.25) is 0 Å². The number of benzene rings is 1. The fourth-order valence-corrected chi connectivity index (χ4v) is 2.84. The summed E-state index contributed by atoms with van der Waals surface area (Å²) in [6.45, 7) is 1.69. The molecule has 0 bridgehead atoms. The second-order valence-electron chi connectivity index (χ2n) is 6.04. The van der Waals surface area contributed by atoms with Gasteiger partial charge in [0.05, 0.1) is 16.2 Å². The molecule has 0 aromatic heterocycles. The number of hydrogen-bond acceptors (Lipinski definition) is 6. The molecule has 1 amide bonds. The summed E-state index contributed by atoms with van der Waals surface area (Å²) in [7, 11) is 0. The highest BCUT2D eigenvalue weighted by Crippen LogP contribution is 2.24. The molecular weight excluding hydrogens is 314 g/mol. The molecule has 0 radical (unpaired) electrons. The van der Waals surface area contributed by atoms with Gasteiger partial charge in [-0.15, -0.1) is 0 Å². The third-order valence-electron chi connectivity index (χ3n) is 4.26. The Morgan fingerprint density at radius 3 is 2.71 bits per heavy atom. The SMILES string of the molecule is C[C@H]1CCCC[C@@H]1NC(=O)COC(=O)c1ccc([N+](=O)[O-])cc1N. The Morgan fingerprint density at radius 2 is 2.08 bits per heavy atom. The molecule has 8 nitrogen and oxygen atoms in total. The minimum atomic E-state index is -0.783. The molecule has 0 aliphatic heterocycles. The van der Waals surface area contributed by atoms with E-state index in [1.165, 1.54) is 12.5 Å². The molecule has 1 aromatic carbocycles. The van der Waals surface area contributed by atoms with Gasteiger partial charge in [-0.25, -0.2) is 4.79 Å². The van der Waals surface area contributed by atoms with Gasteiger partial charge in [0.1, 0.15) is 0 Å². The van der Waals surface area contributed by atoms with Crippen molar-refractivity contribution in [1.82, 2.24) is 5.32 Å². The monoisotopic (exact) mass is 335 g/mol. The van der Waals surface area contributed by atoms with Crippen molar-refractivity contribution in [3.05, 3.63) is 33.9 Å². The van der Waals surface area contributed by atoms with Gasteiger partial charge in [-0.1, -0.05) is 19.8 Å². The van der Waals surface area contributed by atoms with E-state index >= 15 is 0 Å². The Kier molecular flexibility index (Phi) is 5.73. The Labute approximate surface area is 139 Å². The van der Waals surface area contributed by atoms with Crippen molar-refractivity contribution < 1.29 is 19.2 Å². The zero-order valence-corrected chi connectivity index (χ0v) is 13.5. The summed E-state index contributed by atoms with van der Waals surface area (Å²) in [6.07, 6.45) is 4.25. The van der Waals surface area contributed by atoms with Gasteiger partial charge in [-0.05, 0) is 24.8 Å². The zero-order chi connectivity index (χ0) is 17.7. The average molecular weight is 335 g/mol. The molecule has 8 heteroatoms. The number of hydrogen-bond donors (Lipinski definition) is 2. The number of nitrogens with zero attached hydrogens (tertiary/aromatic N) is 1. The van der Waals surface area contributed by atoms with Gasteiger partial charge in [0.25, 0.3) is 11.6 Å². The highest BCUT2D eigenvalue weighted by Gasteiger charge is 2.23. The van der Waals surface area contributed by atoms with E-state index in [1.807, 2.05) is 0 Å². The molecule has 1 saturated carbocycles. The van der Waals surface area contributed by atoms with E-state index in [2.05, 4.69) is 12.2 Å². The van der Waals surface area contributed by atoms with Crippen molar-refractivity contribution in [2.45, 2.75) is 38.6 Å². The van der Waals surface area contributed by atoms with Gasteiger partial charge in [0.15, 0.2) is 6.61 Å². The van der Waals surface area contributed by atoms with Gasteiger partial charge < -0.3 is 15.8 Å². The highest BCUT2D eigenvalue weighted by atomic mass is 16.6. The maximum absolute atomic E-state index is 12.0. The van der Waals surface area contributed by atoms with Crippen molar-refractivity contribution in [3.63, 3.8) is 0 Å². The van der Waals surface area contributed by atoms with Gasteiger partial charge in [0, 0.05) is 18.2 Å². The smallest absolute Gasteiger partial charge is 0.340 e. The number of anilines is 1. The minimum absolute atomic E-state index is 0.000524. The number of nitrogens with one attached hydrogen (secondary N) is 1. The molecule has 0 unspecified atom stereocenters. The third kappa shape index (κ3) is 4.43. The first-order chi connectivity index (χ1) is 11.4. The summed E-state index contributed by atoms with van der Waals surface area (Å²) in [4.78, 5) is 33.9. The number of carbonyl (C=O) groups is 2. The lowest BCUT2D eigenvalue weighted by Gasteiger charge is -2.29. The molecule has 2 rings (SSSR count). The van der Waals surface area contributed by atoms with Crippen molar-refractivity contribution in [1.29, 1.82) is 0 Å². The number of nitrogens with two attached hydrogens (primary N) is 1. The summed E-state index contributed by atoms with van der Waals surface area (Å²) < 4.78 is 4.95. The Morgan fingerprint density at radius 1 is 1.38 bits per heavy atom. The Bertz CT molecular complexity index is 647. The van der Waals surface area contributed by atoms with Crippen LogP contribution in [-0.4, -0.2) is 29.4 Å². The van der Waals surface area contributed by atoms with E-state index in [4.69, 9.17) is 10.5 Å². The molecular formula is C16H21N3O5. The molecule has 0 heterocycles. The van der Waals surface area contributed by atoms with Crippen LogP contribution in [0.25, 0.3) is 0 Å². The third-order valence-corrected chi connectivity index (χ3v) is 4.26. The summed E-state index contributed by atoms with van der Waals surface area (Å²) in [5.74, 6) is -0.736. The van der Waals surface area contributed by atoms with E-state index < -0.39 is 17.5 Å². The molecule has 1 fully saturated rings. The Hall–Kier alpha value is -2.64. The van der Waals surface area contributed by atoms with Crippen LogP contribution in [0.3, 0.4) is 0 Å². The largest absolute Gasteiger partial charge is 0.452 e. The molecule has 1 aliphatic rings. The predicted octanol–water partition coefficient (Wildman–Crippen LogP) is 2.03. The molecule has 1 aromatic rings. The van der Waals surface area contributed by atoms with Crippen LogP contribution in [-0.2, 0) is 9.53 Å². The highest BCUT2D eigenvalue weighted by molar-refractivity contribution is 5.96. The van der Waals surface area contributed by atoms with Crippen LogP contribution in [0, 0.1) is 16.0 Å². The van der Waals surface area contributed by atoms with Gasteiger partial charge in [0.2, 0.25) is 0 Å². The summed E-state index contributed by atoms with van der Waals surface area (Å²) in [5, 5.41) is 13.5. The van der Waals surface area contributed by atoms with Crippen molar-refractivity contribution in [2.75, 3.05) is 12.3 Å². The fraction of sp³-hybridized carbons (Fsp3) is 0.500. The number of carbonyl (C=O) groups excluding carboxylic acids is 2. The lowest BCUT2D eigenvalue weighted by Crippen LogP contribution is -2.42. The molecule has 24 heavy (non-hydrogen) atoms. The number of amides is 1. The number of nitro benzene ring substituents is 1. The molecule has 0 saturated heterocycles. The maximum atomic E-state index is 12.0. The van der Waals surface area contributed by atoms with Crippen LogP contribution in [0.5, 0.6) is 0 Å². The van der Waals surface area contributed by atoms with Gasteiger partial charge >= 0.3 is 5.97 Å². The van der Waals surface area contributed by atoms with Gasteiger partial charge in [-0.2, -0.15) is 0 Å². The standard InChI is InChI=1S/C16H21N3O5/c1-10-4-2-3-5-14(10)18-15(20)9-24-16(21)12-7-6-11(19(22)23)8-13(12)17/h6-8,10,14H,2-5,9,17H2,1H3,(H,18,20)/t10-,14-/m0/s1. The zero-order valence-electron chi connectivity index (χ0n) is 13.5. The predicted molar refractivity (Wildman–Crippen MR) is 87.4 cm³/mol. The normalized spacial score (nSPS) is 20.2. The second kappa shape index (κ2) is 7.76. The lowest BCUT2D eigenvalue weighted by molar-refractivity contribution is -0.384. The fourth-order valence-electron chi connectivity index (χ4n) is 2.84. The number of rotatable bonds is 5. The van der Waals surface area contributed by atoms with Gasteiger partial charge in [-0.3, -0.25) is 14.9 Å². The van der Waals surface area contributed by atoms with E-state index in [-0.39, 0.29) is 28.9 Å².